The molecular formula is C13H19BrN2O3. The van der Waals surface area contributed by atoms with Crippen LogP contribution in [-0.4, -0.2) is 26.2 Å². The lowest BCUT2D eigenvalue weighted by Gasteiger charge is -2.13. The molecule has 3 N–H and O–H groups in total. The number of ether oxygens (including phenoxy) is 2. The molecule has 0 aliphatic heterocycles. The van der Waals surface area contributed by atoms with Gasteiger partial charge in [-0.1, -0.05) is 0 Å². The second-order valence-electron chi connectivity index (χ2n) is 3.87. The Balaban J connectivity index is 2.69. The Bertz CT molecular complexity index is 438. The summed E-state index contributed by atoms with van der Waals surface area (Å²) in [6.45, 7) is 3.22. The number of halogens is 1. The largest absolute Gasteiger partial charge is 0.493 e. The van der Waals surface area contributed by atoms with E-state index in [1.807, 2.05) is 19.1 Å². The molecule has 5 nitrogen and oxygen atoms in total. The zero-order valence-electron chi connectivity index (χ0n) is 11.2. The molecule has 0 saturated heterocycles. The maximum atomic E-state index is 11.3. The van der Waals surface area contributed by atoms with Gasteiger partial charge in [0.05, 0.1) is 24.6 Å². The van der Waals surface area contributed by atoms with Crippen molar-refractivity contribution < 1.29 is 14.3 Å². The fourth-order valence-corrected chi connectivity index (χ4v) is 2.17. The van der Waals surface area contributed by atoms with E-state index in [-0.39, 0.29) is 5.91 Å². The minimum Gasteiger partial charge on any atom is -0.493 e. The predicted octanol–water partition coefficient (Wildman–Crippen LogP) is 1.82. The topological polar surface area (TPSA) is 73.6 Å². The van der Waals surface area contributed by atoms with Gasteiger partial charge in [0.25, 0.3) is 0 Å². The third-order valence-electron chi connectivity index (χ3n) is 2.47. The van der Waals surface area contributed by atoms with Crippen LogP contribution in [0.1, 0.15) is 18.9 Å². The molecule has 1 amide bonds. The van der Waals surface area contributed by atoms with Crippen LogP contribution in [0.25, 0.3) is 0 Å². The Labute approximate surface area is 121 Å². The molecule has 1 aromatic rings. The quantitative estimate of drug-likeness (QED) is 0.799. The molecule has 0 bridgehead atoms. The summed E-state index contributed by atoms with van der Waals surface area (Å²) in [6.07, 6.45) is 0.308. The molecule has 19 heavy (non-hydrogen) atoms. The molecule has 0 atom stereocenters. The van der Waals surface area contributed by atoms with Gasteiger partial charge in [-0.25, -0.2) is 0 Å². The number of carbonyl (C=O) groups is 1. The SMILES string of the molecule is CCNC(=O)CCOc1c(Br)cc(CN)cc1OC. The Morgan fingerprint density at radius 3 is 2.79 bits per heavy atom. The summed E-state index contributed by atoms with van der Waals surface area (Å²) in [6, 6.07) is 3.70. The van der Waals surface area contributed by atoms with Gasteiger partial charge >= 0.3 is 0 Å². The second-order valence-corrected chi connectivity index (χ2v) is 4.72. The normalized spacial score (nSPS) is 10.1. The summed E-state index contributed by atoms with van der Waals surface area (Å²) in [5, 5.41) is 2.71. The van der Waals surface area contributed by atoms with Gasteiger partial charge in [-0.05, 0) is 40.5 Å². The van der Waals surface area contributed by atoms with E-state index < -0.39 is 0 Å². The smallest absolute Gasteiger partial charge is 0.223 e. The van der Waals surface area contributed by atoms with Crippen LogP contribution in [-0.2, 0) is 11.3 Å². The number of nitrogens with one attached hydrogen (secondary N) is 1. The van der Waals surface area contributed by atoms with Gasteiger partial charge in [-0.3, -0.25) is 4.79 Å². The third-order valence-corrected chi connectivity index (χ3v) is 3.06. The van der Waals surface area contributed by atoms with Crippen LogP contribution in [0.5, 0.6) is 11.5 Å². The van der Waals surface area contributed by atoms with Crippen LogP contribution in [0.15, 0.2) is 16.6 Å². The molecule has 0 fully saturated rings. The Hall–Kier alpha value is -1.27. The number of hydrogen-bond acceptors (Lipinski definition) is 4. The molecular weight excluding hydrogens is 312 g/mol. The number of rotatable bonds is 7. The van der Waals surface area contributed by atoms with Crippen molar-refractivity contribution in [1.29, 1.82) is 0 Å². The fraction of sp³-hybridized carbons (Fsp3) is 0.462. The van der Waals surface area contributed by atoms with Crippen molar-refractivity contribution in [3.05, 3.63) is 22.2 Å². The van der Waals surface area contributed by atoms with Crippen molar-refractivity contribution in [1.82, 2.24) is 5.32 Å². The molecule has 0 unspecified atom stereocenters. The minimum absolute atomic E-state index is 0.0313. The summed E-state index contributed by atoms with van der Waals surface area (Å²) in [4.78, 5) is 11.3. The number of methoxy groups -OCH3 is 1. The molecule has 106 valence electrons. The molecule has 0 saturated carbocycles. The first-order chi connectivity index (χ1) is 9.12. The van der Waals surface area contributed by atoms with Crippen LogP contribution < -0.4 is 20.5 Å². The Kier molecular flexibility index (Phi) is 6.66. The molecule has 1 aromatic carbocycles. The molecule has 0 aliphatic rings. The Morgan fingerprint density at radius 2 is 2.21 bits per heavy atom. The number of benzene rings is 1. The van der Waals surface area contributed by atoms with Crippen LogP contribution in [0, 0.1) is 0 Å². The first-order valence-electron chi connectivity index (χ1n) is 6.08. The van der Waals surface area contributed by atoms with Crippen molar-refractivity contribution in [3.8, 4) is 11.5 Å². The first-order valence-corrected chi connectivity index (χ1v) is 6.87. The van der Waals surface area contributed by atoms with Gasteiger partial charge in [0.1, 0.15) is 0 Å². The van der Waals surface area contributed by atoms with Gasteiger partial charge in [-0.15, -0.1) is 0 Å². The lowest BCUT2D eigenvalue weighted by Crippen LogP contribution is -2.24. The van der Waals surface area contributed by atoms with E-state index in [0.717, 1.165) is 10.0 Å². The summed E-state index contributed by atoms with van der Waals surface area (Å²) in [7, 11) is 1.57. The van der Waals surface area contributed by atoms with E-state index in [0.29, 0.717) is 37.6 Å². The van der Waals surface area contributed by atoms with Gasteiger partial charge in [0, 0.05) is 13.1 Å². The Morgan fingerprint density at radius 1 is 1.47 bits per heavy atom. The highest BCUT2D eigenvalue weighted by Gasteiger charge is 2.11. The number of carbonyl (C=O) groups excluding carboxylic acids is 1. The van der Waals surface area contributed by atoms with Crippen molar-refractivity contribution in [3.63, 3.8) is 0 Å². The van der Waals surface area contributed by atoms with Crippen LogP contribution >= 0.6 is 15.9 Å². The predicted molar refractivity (Wildman–Crippen MR) is 77.4 cm³/mol. The van der Waals surface area contributed by atoms with Gasteiger partial charge < -0.3 is 20.5 Å². The van der Waals surface area contributed by atoms with Crippen LogP contribution in [0.4, 0.5) is 0 Å². The lowest BCUT2D eigenvalue weighted by molar-refractivity contribution is -0.121. The highest BCUT2D eigenvalue weighted by atomic mass is 79.9. The lowest BCUT2D eigenvalue weighted by atomic mass is 10.2. The third kappa shape index (κ3) is 4.72. The molecule has 1 rings (SSSR count). The monoisotopic (exact) mass is 330 g/mol. The number of nitrogens with two attached hydrogens (primary N) is 1. The van der Waals surface area contributed by atoms with Gasteiger partial charge in [0.15, 0.2) is 11.5 Å². The summed E-state index contributed by atoms with van der Waals surface area (Å²) >= 11 is 3.42. The van der Waals surface area contributed by atoms with E-state index in [1.165, 1.54) is 0 Å². The maximum Gasteiger partial charge on any atom is 0.223 e. The maximum absolute atomic E-state index is 11.3. The highest BCUT2D eigenvalue weighted by molar-refractivity contribution is 9.10. The van der Waals surface area contributed by atoms with E-state index in [2.05, 4.69) is 21.2 Å². The number of hydrogen-bond donors (Lipinski definition) is 2. The minimum atomic E-state index is -0.0313. The molecule has 6 heteroatoms. The molecule has 0 spiro atoms. The molecule has 0 aliphatic carbocycles. The zero-order valence-corrected chi connectivity index (χ0v) is 12.7. The average molecular weight is 331 g/mol. The van der Waals surface area contributed by atoms with Crippen LogP contribution in [0.3, 0.4) is 0 Å². The summed E-state index contributed by atoms with van der Waals surface area (Å²) in [5.41, 5.74) is 6.54. The van der Waals surface area contributed by atoms with Crippen LogP contribution in [0.2, 0.25) is 0 Å². The first kappa shape index (κ1) is 15.8. The van der Waals surface area contributed by atoms with Gasteiger partial charge in [0.2, 0.25) is 5.91 Å². The number of amides is 1. The van der Waals surface area contributed by atoms with Crippen molar-refractivity contribution >= 4 is 21.8 Å². The summed E-state index contributed by atoms with van der Waals surface area (Å²) in [5.74, 6) is 1.16. The van der Waals surface area contributed by atoms with Crippen molar-refractivity contribution in [2.24, 2.45) is 5.73 Å². The zero-order chi connectivity index (χ0) is 14.3. The van der Waals surface area contributed by atoms with E-state index in [9.17, 15) is 4.79 Å². The van der Waals surface area contributed by atoms with Crippen molar-refractivity contribution in [2.75, 3.05) is 20.3 Å². The van der Waals surface area contributed by atoms with Crippen molar-refractivity contribution in [2.45, 2.75) is 19.9 Å². The van der Waals surface area contributed by atoms with E-state index in [4.69, 9.17) is 15.2 Å². The molecule has 0 aromatic heterocycles. The highest BCUT2D eigenvalue weighted by Crippen LogP contribution is 2.36. The fourth-order valence-electron chi connectivity index (χ4n) is 1.56. The standard InChI is InChI=1S/C13H19BrN2O3/c1-3-16-12(17)4-5-19-13-10(14)6-9(8-15)7-11(13)18-2/h6-7H,3-5,8,15H2,1-2H3,(H,16,17). The second kappa shape index (κ2) is 8.01. The average Bonchev–Trinajstić information content (AvgIpc) is 2.40. The van der Waals surface area contributed by atoms with E-state index >= 15 is 0 Å². The molecule has 0 heterocycles. The van der Waals surface area contributed by atoms with Gasteiger partial charge in [-0.2, -0.15) is 0 Å². The summed E-state index contributed by atoms with van der Waals surface area (Å²) < 4.78 is 11.6. The molecule has 0 radical (unpaired) electrons. The van der Waals surface area contributed by atoms with E-state index in [1.54, 1.807) is 7.11 Å².